The van der Waals surface area contributed by atoms with Crippen molar-refractivity contribution in [2.24, 2.45) is 0 Å². The van der Waals surface area contributed by atoms with E-state index in [4.69, 9.17) is 15.0 Å². The first kappa shape index (κ1) is 28.1. The lowest BCUT2D eigenvalue weighted by atomic mass is 9.92. The highest BCUT2D eigenvalue weighted by molar-refractivity contribution is 7.27. The van der Waals surface area contributed by atoms with Crippen molar-refractivity contribution in [3.63, 3.8) is 0 Å². The van der Waals surface area contributed by atoms with Gasteiger partial charge in [-0.2, -0.15) is 0 Å². The summed E-state index contributed by atoms with van der Waals surface area (Å²) in [7, 11) is 0. The Bertz CT molecular complexity index is 3450. The molecule has 0 spiro atoms. The number of hydrogen-bond donors (Lipinski definition) is 0. The third kappa shape index (κ3) is 3.72. The predicted molar refractivity (Wildman–Crippen MR) is 220 cm³/mol. The van der Waals surface area contributed by atoms with Gasteiger partial charge in [0, 0.05) is 43.4 Å². The summed E-state index contributed by atoms with van der Waals surface area (Å²) < 4.78 is 4.69. The molecule has 8 aromatic carbocycles. The van der Waals surface area contributed by atoms with Crippen molar-refractivity contribution in [1.29, 1.82) is 0 Å². The number of thiophene rings is 1. The Morgan fingerprint density at radius 1 is 0.442 bits per heavy atom. The van der Waals surface area contributed by atoms with Crippen LogP contribution >= 0.6 is 11.3 Å². The topological polar surface area (TPSA) is 43.6 Å². The standard InChI is InChI=1S/C47H26N4S/c1-2-14-30-28(12-1)29-13-3-4-15-31(29)38-26-27(23-24-32(30)38)43-35-18-7-9-21-39(35)49-47(50-43)51-44-41(37-20-11-25-48-46(37)51)33-16-5-6-17-34(33)42-36-19-8-10-22-40(36)52-45(42)44/h1-26H. The van der Waals surface area contributed by atoms with E-state index in [1.807, 2.05) is 23.6 Å². The highest BCUT2D eigenvalue weighted by Gasteiger charge is 2.24. The number of nitrogens with zero attached hydrogens (tertiary/aromatic N) is 4. The molecule has 4 heterocycles. The van der Waals surface area contributed by atoms with Crippen LogP contribution in [-0.4, -0.2) is 19.5 Å². The quantitative estimate of drug-likeness (QED) is 0.171. The molecule has 0 atom stereocenters. The summed E-state index contributed by atoms with van der Waals surface area (Å²) in [6.45, 7) is 0. The normalized spacial score (nSPS) is 12.2. The minimum atomic E-state index is 0.616. The van der Waals surface area contributed by atoms with E-state index in [1.54, 1.807) is 0 Å². The van der Waals surface area contributed by atoms with E-state index in [1.165, 1.54) is 68.6 Å². The van der Waals surface area contributed by atoms with E-state index >= 15 is 0 Å². The van der Waals surface area contributed by atoms with E-state index in [2.05, 4.69) is 150 Å². The first-order chi connectivity index (χ1) is 25.8. The van der Waals surface area contributed by atoms with Gasteiger partial charge in [0.2, 0.25) is 5.95 Å². The average Bonchev–Trinajstić information content (AvgIpc) is 3.78. The van der Waals surface area contributed by atoms with Crippen LogP contribution in [-0.2, 0) is 0 Å². The van der Waals surface area contributed by atoms with Crippen molar-refractivity contribution < 1.29 is 0 Å². The van der Waals surface area contributed by atoms with Crippen LogP contribution in [0.3, 0.4) is 0 Å². The van der Waals surface area contributed by atoms with Crippen molar-refractivity contribution in [2.45, 2.75) is 0 Å². The van der Waals surface area contributed by atoms with Gasteiger partial charge >= 0.3 is 0 Å². The Kier molecular flexibility index (Phi) is 5.62. The highest BCUT2D eigenvalue weighted by Crippen LogP contribution is 2.47. The van der Waals surface area contributed by atoms with Crippen LogP contribution in [0, 0.1) is 0 Å². The lowest BCUT2D eigenvalue weighted by molar-refractivity contribution is 1.00. The molecule has 0 aliphatic heterocycles. The minimum absolute atomic E-state index is 0.616. The van der Waals surface area contributed by atoms with Crippen molar-refractivity contribution in [3.8, 4) is 17.2 Å². The summed E-state index contributed by atoms with van der Waals surface area (Å²) in [6, 6.07) is 54.4. The van der Waals surface area contributed by atoms with E-state index in [0.29, 0.717) is 5.95 Å². The van der Waals surface area contributed by atoms with Gasteiger partial charge in [0.1, 0.15) is 5.65 Å². The minimum Gasteiger partial charge on any atom is -0.260 e. The average molecular weight is 679 g/mol. The van der Waals surface area contributed by atoms with Gasteiger partial charge in [0.25, 0.3) is 0 Å². The van der Waals surface area contributed by atoms with Gasteiger partial charge in [0.15, 0.2) is 0 Å². The molecular formula is C47H26N4S. The Balaban J connectivity index is 1.23. The summed E-state index contributed by atoms with van der Waals surface area (Å²) >= 11 is 1.83. The summed E-state index contributed by atoms with van der Waals surface area (Å²) in [5, 5.41) is 15.8. The van der Waals surface area contributed by atoms with Gasteiger partial charge in [-0.1, -0.05) is 121 Å². The molecule has 0 N–H and O–H groups in total. The molecule has 0 saturated heterocycles. The van der Waals surface area contributed by atoms with Gasteiger partial charge in [-0.15, -0.1) is 11.3 Å². The third-order valence-corrected chi connectivity index (χ3v) is 12.0. The second kappa shape index (κ2) is 10.4. The SMILES string of the molecule is c1ccc2c(-c3ccc4c5ccccc5c5ccccc5c4c3)nc(-n3c4ncccc4c4c5ccccc5c5c6ccccc6sc5c43)nc2c1. The van der Waals surface area contributed by atoms with Gasteiger partial charge in [-0.25, -0.2) is 15.0 Å². The first-order valence-electron chi connectivity index (χ1n) is 17.5. The Labute approximate surface area is 300 Å². The monoisotopic (exact) mass is 678 g/mol. The van der Waals surface area contributed by atoms with E-state index < -0.39 is 0 Å². The van der Waals surface area contributed by atoms with Crippen LogP contribution in [0.1, 0.15) is 0 Å². The maximum absolute atomic E-state index is 5.52. The number of hydrogen-bond acceptors (Lipinski definition) is 4. The predicted octanol–water partition coefficient (Wildman–Crippen LogP) is 12.8. The lowest BCUT2D eigenvalue weighted by Crippen LogP contribution is -2.04. The van der Waals surface area contributed by atoms with E-state index in [-0.39, 0.29) is 0 Å². The van der Waals surface area contributed by atoms with E-state index in [0.717, 1.165) is 38.7 Å². The second-order valence-electron chi connectivity index (χ2n) is 13.5. The molecule has 0 amide bonds. The molecule has 0 fully saturated rings. The largest absolute Gasteiger partial charge is 0.260 e. The smallest absolute Gasteiger partial charge is 0.237 e. The second-order valence-corrected chi connectivity index (χ2v) is 14.6. The van der Waals surface area contributed by atoms with Gasteiger partial charge in [-0.05, 0) is 73.4 Å². The van der Waals surface area contributed by atoms with Crippen molar-refractivity contribution >= 4 is 107 Å². The molecule has 12 rings (SSSR count). The van der Waals surface area contributed by atoms with Crippen LogP contribution in [0.25, 0.3) is 113 Å². The van der Waals surface area contributed by atoms with Gasteiger partial charge in [-0.3, -0.25) is 4.57 Å². The zero-order valence-electron chi connectivity index (χ0n) is 27.7. The van der Waals surface area contributed by atoms with E-state index in [9.17, 15) is 0 Å². The summed E-state index contributed by atoms with van der Waals surface area (Å²) in [5.41, 5.74) is 4.80. The third-order valence-electron chi connectivity index (χ3n) is 10.8. The molecular weight excluding hydrogens is 653 g/mol. The lowest BCUT2D eigenvalue weighted by Gasteiger charge is -2.14. The van der Waals surface area contributed by atoms with Crippen LogP contribution in [0.2, 0.25) is 0 Å². The molecule has 0 aliphatic carbocycles. The fourth-order valence-corrected chi connectivity index (χ4v) is 9.89. The van der Waals surface area contributed by atoms with Crippen molar-refractivity contribution in [1.82, 2.24) is 19.5 Å². The molecule has 240 valence electrons. The summed E-state index contributed by atoms with van der Waals surface area (Å²) in [6.07, 6.45) is 1.88. The summed E-state index contributed by atoms with van der Waals surface area (Å²) in [4.78, 5) is 15.9. The zero-order valence-corrected chi connectivity index (χ0v) is 28.5. The first-order valence-corrected chi connectivity index (χ1v) is 18.4. The number of pyridine rings is 1. The molecule has 52 heavy (non-hydrogen) atoms. The summed E-state index contributed by atoms with van der Waals surface area (Å²) in [5.74, 6) is 0.616. The molecule has 4 nitrogen and oxygen atoms in total. The fraction of sp³-hybridized carbons (Fsp3) is 0. The maximum atomic E-state index is 5.52. The Morgan fingerprint density at radius 2 is 1.02 bits per heavy atom. The molecule has 4 aromatic heterocycles. The number of benzene rings is 8. The Morgan fingerprint density at radius 3 is 1.77 bits per heavy atom. The molecule has 0 bridgehead atoms. The molecule has 0 unspecified atom stereocenters. The maximum Gasteiger partial charge on any atom is 0.237 e. The van der Waals surface area contributed by atoms with Crippen LogP contribution in [0.15, 0.2) is 158 Å². The van der Waals surface area contributed by atoms with Crippen LogP contribution in [0.5, 0.6) is 0 Å². The fourth-order valence-electron chi connectivity index (χ4n) is 8.64. The Hall–Kier alpha value is -6.69. The molecule has 0 aliphatic rings. The number of fused-ring (bicyclic) bond motifs is 17. The molecule has 0 saturated carbocycles. The number of para-hydroxylation sites is 1. The van der Waals surface area contributed by atoms with Crippen molar-refractivity contribution in [3.05, 3.63) is 158 Å². The molecule has 12 aromatic rings. The van der Waals surface area contributed by atoms with Gasteiger partial charge in [0.05, 0.1) is 21.4 Å². The molecule has 0 radical (unpaired) electrons. The van der Waals surface area contributed by atoms with Crippen molar-refractivity contribution in [2.75, 3.05) is 0 Å². The number of aromatic nitrogens is 4. The van der Waals surface area contributed by atoms with Crippen LogP contribution < -0.4 is 0 Å². The molecule has 5 heteroatoms. The van der Waals surface area contributed by atoms with Gasteiger partial charge < -0.3 is 0 Å². The number of rotatable bonds is 2. The van der Waals surface area contributed by atoms with Crippen LogP contribution in [0.4, 0.5) is 0 Å². The zero-order chi connectivity index (χ0) is 33.9. The highest BCUT2D eigenvalue weighted by atomic mass is 32.1.